The Hall–Kier alpha value is -1.89. The number of nitriles is 1. The number of benzene rings is 1. The quantitative estimate of drug-likeness (QED) is 0.472. The fourth-order valence-electron chi connectivity index (χ4n) is 1.19. The lowest BCUT2D eigenvalue weighted by atomic mass is 10.1. The maximum absolute atomic E-state index is 12.4. The topological polar surface area (TPSA) is 66.9 Å². The van der Waals surface area contributed by atoms with Crippen LogP contribution >= 0.6 is 10.2 Å². The van der Waals surface area contributed by atoms with Crippen molar-refractivity contribution in [3.8, 4) is 6.07 Å². The van der Waals surface area contributed by atoms with Gasteiger partial charge < -0.3 is 0 Å². The monoisotopic (exact) mass is 288 g/mol. The average Bonchev–Trinajstić information content (AvgIpc) is 2.14. The molecule has 0 aliphatic carbocycles. The van der Waals surface area contributed by atoms with E-state index in [4.69, 9.17) is 5.26 Å². The molecule has 0 spiro atoms. The fraction of sp³-hybridized carbons (Fsp3) is 0.125. The molecule has 0 saturated carbocycles. The van der Waals surface area contributed by atoms with Gasteiger partial charge in [-0.1, -0.05) is 19.4 Å². The molecule has 0 aliphatic heterocycles. The maximum Gasteiger partial charge on any atom is 0.310 e. The number of hydrogen-bond acceptors (Lipinski definition) is 3. The van der Waals surface area contributed by atoms with Gasteiger partial charge in [-0.05, 0) is 12.1 Å². The van der Waals surface area contributed by atoms with E-state index in [2.05, 4.69) is 0 Å². The number of hydrogen-bond donors (Lipinski definition) is 0. The first-order chi connectivity index (χ1) is 7.85. The van der Waals surface area contributed by atoms with E-state index >= 15 is 0 Å². The van der Waals surface area contributed by atoms with Crippen LogP contribution in [0, 0.1) is 21.4 Å². The standard InChI is InChI=1S/C8H5F5N2O2S/c9-18(10,11,12,13)7-2-1-6(3-4-14)8(5-7)15(16)17/h1-2,5H,3H2. The summed E-state index contributed by atoms with van der Waals surface area (Å²) in [4.78, 5) is 6.90. The Morgan fingerprint density at radius 3 is 2.22 bits per heavy atom. The predicted octanol–water partition coefficient (Wildman–Crippen LogP) is 4.32. The molecule has 0 fully saturated rings. The highest BCUT2D eigenvalue weighted by atomic mass is 32.5. The first-order valence-electron chi connectivity index (χ1n) is 4.23. The number of nitro groups is 1. The van der Waals surface area contributed by atoms with Crippen LogP contribution in [0.4, 0.5) is 25.1 Å². The molecule has 0 heterocycles. The van der Waals surface area contributed by atoms with Crippen molar-refractivity contribution in [3.63, 3.8) is 0 Å². The van der Waals surface area contributed by atoms with Gasteiger partial charge in [0.2, 0.25) is 0 Å². The summed E-state index contributed by atoms with van der Waals surface area (Å²) < 4.78 is 62.1. The van der Waals surface area contributed by atoms with Gasteiger partial charge in [0.05, 0.1) is 17.4 Å². The van der Waals surface area contributed by atoms with Gasteiger partial charge in [-0.15, -0.1) is 0 Å². The van der Waals surface area contributed by atoms with Gasteiger partial charge in [0.1, 0.15) is 4.90 Å². The van der Waals surface area contributed by atoms with Crippen LogP contribution in [-0.4, -0.2) is 4.92 Å². The number of nitro benzene ring substituents is 1. The van der Waals surface area contributed by atoms with E-state index in [9.17, 15) is 29.5 Å². The highest BCUT2D eigenvalue weighted by Gasteiger charge is 2.65. The molecule has 10 heteroatoms. The van der Waals surface area contributed by atoms with Gasteiger partial charge in [0.15, 0.2) is 0 Å². The van der Waals surface area contributed by atoms with Crippen molar-refractivity contribution in [2.45, 2.75) is 11.3 Å². The molecule has 1 rings (SSSR count). The van der Waals surface area contributed by atoms with E-state index in [1.54, 1.807) is 0 Å². The second-order valence-corrected chi connectivity index (χ2v) is 5.76. The summed E-state index contributed by atoms with van der Waals surface area (Å²) in [7, 11) is -9.95. The van der Waals surface area contributed by atoms with Crippen LogP contribution in [0.25, 0.3) is 0 Å². The Balaban J connectivity index is 3.53. The Morgan fingerprint density at radius 1 is 1.28 bits per heavy atom. The van der Waals surface area contributed by atoms with E-state index < -0.39 is 32.2 Å². The molecule has 1 aromatic carbocycles. The second kappa shape index (κ2) is 3.32. The normalized spacial score (nSPS) is 15.3. The van der Waals surface area contributed by atoms with Crippen molar-refractivity contribution in [2.75, 3.05) is 0 Å². The molecule has 0 amide bonds. The Labute approximate surface area is 97.5 Å². The molecule has 0 radical (unpaired) electrons. The summed E-state index contributed by atoms with van der Waals surface area (Å²) in [6.45, 7) is 0. The molecule has 0 aromatic heterocycles. The van der Waals surface area contributed by atoms with Gasteiger partial charge in [-0.25, -0.2) is 0 Å². The first kappa shape index (κ1) is 14.2. The van der Waals surface area contributed by atoms with Crippen molar-refractivity contribution in [2.24, 2.45) is 0 Å². The van der Waals surface area contributed by atoms with Gasteiger partial charge in [-0.2, -0.15) is 5.26 Å². The van der Waals surface area contributed by atoms with Crippen molar-refractivity contribution < 1.29 is 24.4 Å². The van der Waals surface area contributed by atoms with Crippen LogP contribution < -0.4 is 0 Å². The summed E-state index contributed by atoms with van der Waals surface area (Å²) in [5.74, 6) is 0. The lowest BCUT2D eigenvalue weighted by Gasteiger charge is -2.40. The lowest BCUT2D eigenvalue weighted by molar-refractivity contribution is -0.385. The Kier molecular flexibility index (Phi) is 2.61. The highest BCUT2D eigenvalue weighted by Crippen LogP contribution is 3.02. The van der Waals surface area contributed by atoms with Crippen LogP contribution in [0.2, 0.25) is 0 Å². The zero-order valence-corrected chi connectivity index (χ0v) is 9.26. The maximum atomic E-state index is 12.4. The van der Waals surface area contributed by atoms with E-state index in [1.807, 2.05) is 0 Å². The molecule has 4 nitrogen and oxygen atoms in total. The zero-order valence-electron chi connectivity index (χ0n) is 8.45. The Morgan fingerprint density at radius 2 is 1.83 bits per heavy atom. The zero-order chi connectivity index (χ0) is 14.3. The van der Waals surface area contributed by atoms with Crippen LogP contribution in [0.5, 0.6) is 0 Å². The molecule has 0 bridgehead atoms. The van der Waals surface area contributed by atoms with Crippen molar-refractivity contribution >= 4 is 15.9 Å². The summed E-state index contributed by atoms with van der Waals surface area (Å²) in [5, 5.41) is 18.8. The summed E-state index contributed by atoms with van der Waals surface area (Å²) in [5.41, 5.74) is -1.50. The van der Waals surface area contributed by atoms with Crippen molar-refractivity contribution in [1.29, 1.82) is 5.26 Å². The molecule has 100 valence electrons. The molecule has 0 aliphatic rings. The smallest absolute Gasteiger partial charge is 0.258 e. The van der Waals surface area contributed by atoms with Gasteiger partial charge >= 0.3 is 10.2 Å². The van der Waals surface area contributed by atoms with E-state index in [-0.39, 0.29) is 17.7 Å². The third kappa shape index (κ3) is 3.07. The van der Waals surface area contributed by atoms with Crippen LogP contribution in [0.15, 0.2) is 23.1 Å². The van der Waals surface area contributed by atoms with Gasteiger partial charge in [0, 0.05) is 11.6 Å². The third-order valence-electron chi connectivity index (χ3n) is 1.97. The molecule has 18 heavy (non-hydrogen) atoms. The average molecular weight is 288 g/mol. The molecule has 0 atom stereocenters. The van der Waals surface area contributed by atoms with Gasteiger partial charge in [0.25, 0.3) is 5.69 Å². The Bertz CT molecular complexity index is 563. The van der Waals surface area contributed by atoms with Crippen LogP contribution in [0.3, 0.4) is 0 Å². The molecule has 0 unspecified atom stereocenters. The summed E-state index contributed by atoms with van der Waals surface area (Å²) in [6, 6.07) is 1.80. The van der Waals surface area contributed by atoms with Crippen molar-refractivity contribution in [1.82, 2.24) is 0 Å². The minimum Gasteiger partial charge on any atom is -0.258 e. The predicted molar refractivity (Wildman–Crippen MR) is 53.8 cm³/mol. The first-order valence-corrected chi connectivity index (χ1v) is 6.18. The highest BCUT2D eigenvalue weighted by molar-refractivity contribution is 8.45. The summed E-state index contributed by atoms with van der Waals surface area (Å²) >= 11 is 0. The van der Waals surface area contributed by atoms with Gasteiger partial charge in [-0.3, -0.25) is 10.1 Å². The molecule has 1 aromatic rings. The summed E-state index contributed by atoms with van der Waals surface area (Å²) in [6.07, 6.45) is -0.545. The second-order valence-electron chi connectivity index (χ2n) is 3.35. The van der Waals surface area contributed by atoms with E-state index in [0.29, 0.717) is 6.07 Å². The van der Waals surface area contributed by atoms with E-state index in [1.165, 1.54) is 6.07 Å². The third-order valence-corrected chi connectivity index (χ3v) is 3.11. The SMILES string of the molecule is N#CCc1ccc(S(F)(F)(F)(F)F)cc1[N+](=O)[O-]. The number of nitrogens with zero attached hydrogens (tertiary/aromatic N) is 2. The molecule has 0 N–H and O–H groups in total. The van der Waals surface area contributed by atoms with Crippen LogP contribution in [0.1, 0.15) is 5.56 Å². The molecular weight excluding hydrogens is 283 g/mol. The minimum absolute atomic E-state index is 0.0429. The number of rotatable bonds is 3. The molecule has 0 saturated heterocycles. The van der Waals surface area contributed by atoms with Crippen LogP contribution in [-0.2, 0) is 6.42 Å². The molecular formula is C8H5F5N2O2S. The van der Waals surface area contributed by atoms with E-state index in [0.717, 1.165) is 0 Å². The largest absolute Gasteiger partial charge is 0.310 e. The minimum atomic E-state index is -9.95. The van der Waals surface area contributed by atoms with Crippen molar-refractivity contribution in [3.05, 3.63) is 33.9 Å². The number of halogens is 5. The lowest BCUT2D eigenvalue weighted by Crippen LogP contribution is -2.07. The fourth-order valence-corrected chi connectivity index (χ4v) is 1.85.